The van der Waals surface area contributed by atoms with E-state index in [-0.39, 0.29) is 17.2 Å². The van der Waals surface area contributed by atoms with Gasteiger partial charge in [-0.3, -0.25) is 9.59 Å². The van der Waals surface area contributed by atoms with Crippen molar-refractivity contribution in [2.45, 2.75) is 95.4 Å². The number of hydrogen-bond donors (Lipinski definition) is 1. The molecule has 2 aliphatic carbocycles. The molecule has 0 bridgehead atoms. The molecule has 3 fully saturated rings. The maximum atomic E-state index is 13.7. The first-order chi connectivity index (χ1) is 13.1. The number of aliphatic hydroxyl groups excluding tert-OH is 1. The maximum absolute atomic E-state index is 13.7. The van der Waals surface area contributed by atoms with Crippen LogP contribution in [0, 0.1) is 11.3 Å². The number of methoxy groups -OCH3 is 1. The van der Waals surface area contributed by atoms with Crippen LogP contribution in [0.2, 0.25) is 18.1 Å². The Balaban J connectivity index is 2.18. The quantitative estimate of drug-likeness (QED) is 0.245. The van der Waals surface area contributed by atoms with Crippen LogP contribution in [0.15, 0.2) is 12.2 Å². The lowest BCUT2D eigenvalue weighted by Gasteiger charge is -2.54. The maximum Gasteiger partial charge on any atom is 0.325 e. The number of carbonyl (C=O) groups is 2. The molecule has 1 heterocycles. The summed E-state index contributed by atoms with van der Waals surface area (Å²) in [6.45, 7) is 18.2. The van der Waals surface area contributed by atoms with E-state index in [1.165, 1.54) is 7.11 Å². The summed E-state index contributed by atoms with van der Waals surface area (Å²) in [5.74, 6) is -1.38. The highest BCUT2D eigenvalue weighted by Crippen LogP contribution is 2.71. The number of aliphatic hydroxyl groups is 1. The molecule has 164 valence electrons. The van der Waals surface area contributed by atoms with Gasteiger partial charge < -0.3 is 19.0 Å². The lowest BCUT2D eigenvalue weighted by atomic mass is 9.50. The van der Waals surface area contributed by atoms with Gasteiger partial charge >= 0.3 is 5.97 Å². The molecule has 0 aromatic carbocycles. The fourth-order valence-corrected chi connectivity index (χ4v) is 6.72. The molecule has 1 saturated heterocycles. The highest BCUT2D eigenvalue weighted by molar-refractivity contribution is 6.74. The molecule has 0 aromatic rings. The third kappa shape index (κ3) is 2.70. The predicted molar refractivity (Wildman–Crippen MR) is 112 cm³/mol. The number of esters is 1. The van der Waals surface area contributed by atoms with Crippen molar-refractivity contribution in [2.75, 3.05) is 7.11 Å². The van der Waals surface area contributed by atoms with Crippen molar-refractivity contribution in [3.8, 4) is 0 Å². The van der Waals surface area contributed by atoms with Gasteiger partial charge in [0.2, 0.25) is 0 Å². The van der Waals surface area contributed by atoms with Crippen LogP contribution in [0.4, 0.5) is 0 Å². The molecule has 6 nitrogen and oxygen atoms in total. The molecule has 2 saturated carbocycles. The first-order valence-corrected chi connectivity index (χ1v) is 13.4. The lowest BCUT2D eigenvalue weighted by Crippen LogP contribution is -2.73. The average molecular weight is 425 g/mol. The Morgan fingerprint density at radius 2 is 1.93 bits per heavy atom. The minimum absolute atomic E-state index is 0.0319. The van der Waals surface area contributed by atoms with E-state index in [1.807, 2.05) is 6.92 Å². The molecule has 3 aliphatic rings. The number of carbonyl (C=O) groups excluding carboxylic acids is 2. The van der Waals surface area contributed by atoms with E-state index >= 15 is 0 Å². The second kappa shape index (κ2) is 6.49. The standard InChI is InChI=1S/C22H36O6Si/c1-13(2)14-12-15(23)21(18(25)26-7)16(27-29(8,9)19(3,4)5)10-11-20(6)22(21,28-20)17(14)24/h14,16-17,24H,1,10-12H2,2-9H3/t14-,16+,17+,20-,21+,22-/m0/s1. The van der Waals surface area contributed by atoms with Gasteiger partial charge in [-0.2, -0.15) is 0 Å². The number of epoxide rings is 1. The molecule has 1 spiro atoms. The molecule has 0 aromatic heterocycles. The van der Waals surface area contributed by atoms with Crippen LogP contribution >= 0.6 is 0 Å². The van der Waals surface area contributed by atoms with E-state index in [4.69, 9.17) is 13.9 Å². The van der Waals surface area contributed by atoms with Crippen LogP contribution in [0.25, 0.3) is 0 Å². The molecule has 3 rings (SSSR count). The monoisotopic (exact) mass is 424 g/mol. The highest BCUT2D eigenvalue weighted by atomic mass is 28.4. The summed E-state index contributed by atoms with van der Waals surface area (Å²) in [4.78, 5) is 27.1. The number of hydrogen-bond acceptors (Lipinski definition) is 6. The first-order valence-electron chi connectivity index (χ1n) is 10.5. The van der Waals surface area contributed by atoms with E-state index in [1.54, 1.807) is 6.92 Å². The Morgan fingerprint density at radius 1 is 1.34 bits per heavy atom. The molecule has 0 unspecified atom stereocenters. The number of ketones is 1. The molecule has 0 amide bonds. The van der Waals surface area contributed by atoms with Gasteiger partial charge in [-0.15, -0.1) is 0 Å². The van der Waals surface area contributed by atoms with Crippen molar-refractivity contribution < 1.29 is 28.6 Å². The van der Waals surface area contributed by atoms with E-state index < -0.39 is 49.0 Å². The summed E-state index contributed by atoms with van der Waals surface area (Å²) in [7, 11) is -1.03. The van der Waals surface area contributed by atoms with E-state index in [2.05, 4.69) is 40.4 Å². The topological polar surface area (TPSA) is 85.4 Å². The van der Waals surface area contributed by atoms with Crippen molar-refractivity contribution in [2.24, 2.45) is 11.3 Å². The van der Waals surface area contributed by atoms with Crippen molar-refractivity contribution >= 4 is 20.1 Å². The summed E-state index contributed by atoms with van der Waals surface area (Å²) in [5, 5.41) is 11.3. The summed E-state index contributed by atoms with van der Waals surface area (Å²) in [5.41, 5.74) is -3.05. The fourth-order valence-electron chi connectivity index (χ4n) is 5.36. The summed E-state index contributed by atoms with van der Waals surface area (Å²) >= 11 is 0. The summed E-state index contributed by atoms with van der Waals surface area (Å²) in [6.07, 6.45) is -0.550. The van der Waals surface area contributed by atoms with Crippen molar-refractivity contribution in [3.05, 3.63) is 12.2 Å². The third-order valence-electron chi connectivity index (χ3n) is 8.11. The molecule has 29 heavy (non-hydrogen) atoms. The van der Waals surface area contributed by atoms with E-state index in [0.717, 1.165) is 0 Å². The van der Waals surface area contributed by atoms with Crippen molar-refractivity contribution in [1.29, 1.82) is 0 Å². The van der Waals surface area contributed by atoms with Crippen LogP contribution in [-0.2, 0) is 23.5 Å². The summed E-state index contributed by atoms with van der Waals surface area (Å²) in [6, 6.07) is 0. The molecule has 6 atom stereocenters. The van der Waals surface area contributed by atoms with Gasteiger partial charge in [0.25, 0.3) is 0 Å². The largest absolute Gasteiger partial charge is 0.468 e. The smallest absolute Gasteiger partial charge is 0.325 e. The zero-order chi connectivity index (χ0) is 22.2. The number of ether oxygens (including phenoxy) is 2. The minimum Gasteiger partial charge on any atom is -0.468 e. The second-order valence-electron chi connectivity index (χ2n) is 10.8. The van der Waals surface area contributed by atoms with Gasteiger partial charge in [0.1, 0.15) is 5.60 Å². The Bertz CT molecular complexity index is 755. The van der Waals surface area contributed by atoms with Crippen LogP contribution in [0.5, 0.6) is 0 Å². The van der Waals surface area contributed by atoms with Gasteiger partial charge in [-0.05, 0) is 44.8 Å². The lowest BCUT2D eigenvalue weighted by molar-refractivity contribution is -0.190. The highest BCUT2D eigenvalue weighted by Gasteiger charge is 2.90. The van der Waals surface area contributed by atoms with Crippen molar-refractivity contribution in [3.63, 3.8) is 0 Å². The molecule has 1 aliphatic heterocycles. The Hall–Kier alpha value is -1.02. The van der Waals surface area contributed by atoms with Gasteiger partial charge in [0, 0.05) is 12.3 Å². The molecular weight excluding hydrogens is 388 g/mol. The number of rotatable bonds is 4. The van der Waals surface area contributed by atoms with Gasteiger partial charge in [0.15, 0.2) is 19.5 Å². The normalized spacial score (nSPS) is 42.0. The fraction of sp³-hybridized carbons (Fsp3) is 0.818. The van der Waals surface area contributed by atoms with E-state index in [0.29, 0.717) is 18.4 Å². The van der Waals surface area contributed by atoms with Crippen LogP contribution in [0.1, 0.15) is 53.9 Å². The zero-order valence-electron chi connectivity index (χ0n) is 19.0. The Morgan fingerprint density at radius 3 is 2.41 bits per heavy atom. The summed E-state index contributed by atoms with van der Waals surface area (Å²) < 4.78 is 18.1. The molecular formula is C22H36O6Si. The Kier molecular flexibility index (Phi) is 5.07. The second-order valence-corrected chi connectivity index (χ2v) is 15.6. The minimum atomic E-state index is -2.32. The van der Waals surface area contributed by atoms with Gasteiger partial charge in [-0.1, -0.05) is 32.9 Å². The van der Waals surface area contributed by atoms with Crippen LogP contribution < -0.4 is 0 Å². The van der Waals surface area contributed by atoms with Crippen LogP contribution in [-0.4, -0.2) is 55.7 Å². The zero-order valence-corrected chi connectivity index (χ0v) is 20.0. The SMILES string of the molecule is C=C(C)[C@@H]1CC(=O)[C@]2(C(=O)OC)[C@H](O[Si](C)(C)C(C)(C)C)CC[C@]3(C)O[C@]23[C@@H]1O. The molecule has 1 N–H and O–H groups in total. The predicted octanol–water partition coefficient (Wildman–Crippen LogP) is 3.38. The molecule has 0 radical (unpaired) electrons. The first kappa shape index (κ1) is 22.7. The van der Waals surface area contributed by atoms with E-state index in [9.17, 15) is 14.7 Å². The van der Waals surface area contributed by atoms with Crippen molar-refractivity contribution in [1.82, 2.24) is 0 Å². The van der Waals surface area contributed by atoms with Gasteiger partial charge in [0.05, 0.1) is 24.9 Å². The Labute approximate surface area is 175 Å². The average Bonchev–Trinajstić information content (AvgIpc) is 3.23. The van der Waals surface area contributed by atoms with Gasteiger partial charge in [-0.25, -0.2) is 0 Å². The molecule has 7 heteroatoms. The third-order valence-corrected chi connectivity index (χ3v) is 12.6. The van der Waals surface area contributed by atoms with Crippen LogP contribution in [0.3, 0.4) is 0 Å². The number of Topliss-reactive ketones (excluding diaryl/α,β-unsaturated/α-hetero) is 1.